The lowest BCUT2D eigenvalue weighted by Gasteiger charge is -2.30. The molecule has 194 valence electrons. The van der Waals surface area contributed by atoms with Crippen LogP contribution in [0.15, 0.2) is 54.9 Å². The third-order valence-electron chi connectivity index (χ3n) is 7.85. The quantitative estimate of drug-likeness (QED) is 0.484. The standard InChI is InChI=1S/C30H35N5O.ClH/c1-22-20-32-35(21-22)29-4-2-3-27(18-29)30(36)33-28-9-6-23(7-10-28)11-14-34-15-12-25-8-5-24(19-31)17-26(25)13-16-34;/h2-5,8,17-18,20-21,23,28H,6-7,9-16H2,1H3,(H,33,36);1H. The second-order valence-electron chi connectivity index (χ2n) is 10.4. The van der Waals surface area contributed by atoms with Crippen LogP contribution in [0.4, 0.5) is 0 Å². The highest BCUT2D eigenvalue weighted by atomic mass is 35.5. The Kier molecular flexibility index (Phi) is 9.02. The van der Waals surface area contributed by atoms with Crippen molar-refractivity contribution in [2.75, 3.05) is 19.6 Å². The van der Waals surface area contributed by atoms with E-state index in [0.717, 1.165) is 68.0 Å². The number of aryl methyl sites for hydroxylation is 1. The van der Waals surface area contributed by atoms with E-state index in [1.807, 2.05) is 54.3 Å². The largest absolute Gasteiger partial charge is 0.349 e. The number of carbonyl (C=O) groups is 1. The normalized spacial score (nSPS) is 19.7. The van der Waals surface area contributed by atoms with Crippen LogP contribution in [-0.2, 0) is 12.8 Å². The number of fused-ring (bicyclic) bond motifs is 1. The fourth-order valence-electron chi connectivity index (χ4n) is 5.64. The summed E-state index contributed by atoms with van der Waals surface area (Å²) in [4.78, 5) is 15.5. The van der Waals surface area contributed by atoms with Gasteiger partial charge in [0.05, 0.1) is 23.5 Å². The zero-order valence-electron chi connectivity index (χ0n) is 21.5. The summed E-state index contributed by atoms with van der Waals surface area (Å²) in [5, 5.41) is 16.8. The summed E-state index contributed by atoms with van der Waals surface area (Å²) >= 11 is 0. The number of benzene rings is 2. The van der Waals surface area contributed by atoms with E-state index < -0.39 is 0 Å². The van der Waals surface area contributed by atoms with Gasteiger partial charge >= 0.3 is 0 Å². The molecule has 1 saturated carbocycles. The lowest BCUT2D eigenvalue weighted by atomic mass is 9.84. The van der Waals surface area contributed by atoms with E-state index in [4.69, 9.17) is 0 Å². The molecule has 0 radical (unpaired) electrons. The minimum Gasteiger partial charge on any atom is -0.349 e. The Morgan fingerprint density at radius 1 is 1.08 bits per heavy atom. The zero-order chi connectivity index (χ0) is 24.9. The van der Waals surface area contributed by atoms with Crippen molar-refractivity contribution in [1.29, 1.82) is 5.26 Å². The van der Waals surface area contributed by atoms with Gasteiger partial charge < -0.3 is 10.2 Å². The highest BCUT2D eigenvalue weighted by Crippen LogP contribution is 2.28. The van der Waals surface area contributed by atoms with Crippen LogP contribution >= 0.6 is 12.4 Å². The summed E-state index contributed by atoms with van der Waals surface area (Å²) in [7, 11) is 0. The van der Waals surface area contributed by atoms with E-state index >= 15 is 0 Å². The first-order valence-corrected chi connectivity index (χ1v) is 13.2. The average molecular weight is 518 g/mol. The van der Waals surface area contributed by atoms with E-state index in [1.54, 1.807) is 0 Å². The van der Waals surface area contributed by atoms with Crippen LogP contribution in [0.1, 0.15) is 64.7 Å². The summed E-state index contributed by atoms with van der Waals surface area (Å²) in [6.07, 6.45) is 11.6. The monoisotopic (exact) mass is 517 g/mol. The van der Waals surface area contributed by atoms with Gasteiger partial charge in [0.1, 0.15) is 0 Å². The Morgan fingerprint density at radius 3 is 2.59 bits per heavy atom. The van der Waals surface area contributed by atoms with Gasteiger partial charge in [0.15, 0.2) is 0 Å². The van der Waals surface area contributed by atoms with E-state index in [-0.39, 0.29) is 24.4 Å². The Bertz CT molecular complexity index is 1250. The molecule has 1 aliphatic carbocycles. The molecule has 0 atom stereocenters. The fraction of sp³-hybridized carbons (Fsp3) is 0.433. The first-order chi connectivity index (χ1) is 17.6. The number of hydrogen-bond donors (Lipinski definition) is 1. The Balaban J connectivity index is 0.00000320. The lowest BCUT2D eigenvalue weighted by molar-refractivity contribution is 0.0920. The van der Waals surface area contributed by atoms with Crippen molar-refractivity contribution in [3.8, 4) is 11.8 Å². The SMILES string of the molecule is Cc1cnn(-c2cccc(C(=O)NC3CCC(CCN4CCc5ccc(C#N)cc5CC4)CC3)c2)c1.Cl. The molecule has 1 N–H and O–H groups in total. The molecule has 3 aromatic rings. The number of nitriles is 1. The molecular weight excluding hydrogens is 482 g/mol. The maximum atomic E-state index is 12.9. The molecular formula is C30H36ClN5O. The number of carbonyl (C=O) groups excluding carboxylic acids is 1. The number of nitrogens with zero attached hydrogens (tertiary/aromatic N) is 4. The molecule has 0 spiro atoms. The van der Waals surface area contributed by atoms with Gasteiger partial charge in [0, 0.05) is 30.9 Å². The number of aromatic nitrogens is 2. The molecule has 5 rings (SSSR count). The van der Waals surface area contributed by atoms with Crippen molar-refractivity contribution in [3.63, 3.8) is 0 Å². The molecule has 2 aromatic carbocycles. The minimum atomic E-state index is 0. The van der Waals surface area contributed by atoms with Crippen LogP contribution in [0, 0.1) is 24.2 Å². The second kappa shape index (κ2) is 12.4. The maximum Gasteiger partial charge on any atom is 0.251 e. The molecule has 1 aliphatic heterocycles. The Labute approximate surface area is 226 Å². The molecule has 2 heterocycles. The molecule has 2 aliphatic rings. The molecule has 1 fully saturated rings. The van der Waals surface area contributed by atoms with Crippen LogP contribution < -0.4 is 5.32 Å². The van der Waals surface area contributed by atoms with Gasteiger partial charge in [-0.3, -0.25) is 4.79 Å². The molecule has 1 aromatic heterocycles. The minimum absolute atomic E-state index is 0. The predicted molar refractivity (Wildman–Crippen MR) is 148 cm³/mol. The second-order valence-corrected chi connectivity index (χ2v) is 10.4. The molecule has 1 amide bonds. The fourth-order valence-corrected chi connectivity index (χ4v) is 5.64. The van der Waals surface area contributed by atoms with Crippen molar-refractivity contribution in [3.05, 3.63) is 82.7 Å². The Hall–Kier alpha value is -3.14. The summed E-state index contributed by atoms with van der Waals surface area (Å²) in [5.41, 5.74) is 6.20. The first kappa shape index (κ1) is 26.9. The molecule has 0 bridgehead atoms. The average Bonchev–Trinajstić information content (AvgIpc) is 3.25. The molecule has 0 unspecified atom stereocenters. The van der Waals surface area contributed by atoms with Crippen LogP contribution in [0.3, 0.4) is 0 Å². The summed E-state index contributed by atoms with van der Waals surface area (Å²) in [6.45, 7) is 5.32. The van der Waals surface area contributed by atoms with E-state index in [1.165, 1.54) is 30.4 Å². The number of amides is 1. The van der Waals surface area contributed by atoms with E-state index in [0.29, 0.717) is 5.56 Å². The molecule has 7 heteroatoms. The van der Waals surface area contributed by atoms with Gasteiger partial charge in [-0.05, 0) is 111 Å². The Morgan fingerprint density at radius 2 is 1.86 bits per heavy atom. The molecule has 37 heavy (non-hydrogen) atoms. The predicted octanol–water partition coefficient (Wildman–Crippen LogP) is 5.25. The molecule has 0 saturated heterocycles. The number of rotatable bonds is 6. The summed E-state index contributed by atoms with van der Waals surface area (Å²) in [5.74, 6) is 0.744. The van der Waals surface area contributed by atoms with Gasteiger partial charge in [-0.15, -0.1) is 12.4 Å². The summed E-state index contributed by atoms with van der Waals surface area (Å²) in [6, 6.07) is 16.4. The van der Waals surface area contributed by atoms with E-state index in [2.05, 4.69) is 33.5 Å². The molecule has 6 nitrogen and oxygen atoms in total. The first-order valence-electron chi connectivity index (χ1n) is 13.2. The highest BCUT2D eigenvalue weighted by molar-refractivity contribution is 5.94. The number of nitrogens with one attached hydrogen (secondary N) is 1. The topological polar surface area (TPSA) is 74.0 Å². The number of hydrogen-bond acceptors (Lipinski definition) is 4. The number of halogens is 1. The van der Waals surface area contributed by atoms with Gasteiger partial charge in [-0.2, -0.15) is 10.4 Å². The van der Waals surface area contributed by atoms with Crippen molar-refractivity contribution < 1.29 is 4.79 Å². The van der Waals surface area contributed by atoms with Crippen LogP contribution in [-0.4, -0.2) is 46.3 Å². The van der Waals surface area contributed by atoms with Crippen molar-refractivity contribution in [2.24, 2.45) is 5.92 Å². The van der Waals surface area contributed by atoms with Crippen LogP contribution in [0.25, 0.3) is 5.69 Å². The maximum absolute atomic E-state index is 12.9. The smallest absolute Gasteiger partial charge is 0.251 e. The van der Waals surface area contributed by atoms with Gasteiger partial charge in [-0.1, -0.05) is 12.1 Å². The van der Waals surface area contributed by atoms with Crippen LogP contribution in [0.2, 0.25) is 0 Å². The third kappa shape index (κ3) is 6.80. The highest BCUT2D eigenvalue weighted by Gasteiger charge is 2.24. The van der Waals surface area contributed by atoms with Crippen molar-refractivity contribution in [2.45, 2.75) is 57.9 Å². The van der Waals surface area contributed by atoms with Crippen LogP contribution in [0.5, 0.6) is 0 Å². The van der Waals surface area contributed by atoms with Crippen molar-refractivity contribution >= 4 is 18.3 Å². The summed E-state index contributed by atoms with van der Waals surface area (Å²) < 4.78 is 1.81. The lowest BCUT2D eigenvalue weighted by Crippen LogP contribution is -2.38. The van der Waals surface area contributed by atoms with Gasteiger partial charge in [0.25, 0.3) is 5.91 Å². The van der Waals surface area contributed by atoms with Crippen molar-refractivity contribution in [1.82, 2.24) is 20.0 Å². The van der Waals surface area contributed by atoms with Gasteiger partial charge in [0.2, 0.25) is 0 Å². The van der Waals surface area contributed by atoms with Gasteiger partial charge in [-0.25, -0.2) is 4.68 Å². The third-order valence-corrected chi connectivity index (χ3v) is 7.85. The zero-order valence-corrected chi connectivity index (χ0v) is 22.3. The van der Waals surface area contributed by atoms with E-state index in [9.17, 15) is 10.1 Å².